The fourth-order valence-electron chi connectivity index (χ4n) is 4.44. The fourth-order valence-corrected chi connectivity index (χ4v) is 4.64. The van der Waals surface area contributed by atoms with Crippen molar-refractivity contribution in [2.24, 2.45) is 0 Å². The Morgan fingerprint density at radius 3 is 2.65 bits per heavy atom. The van der Waals surface area contributed by atoms with Crippen molar-refractivity contribution >= 4 is 22.5 Å². The molecule has 2 aromatic carbocycles. The summed E-state index contributed by atoms with van der Waals surface area (Å²) in [5.74, 6) is 1.17. The second-order valence-electron chi connectivity index (χ2n) is 8.62. The predicted octanol–water partition coefficient (Wildman–Crippen LogP) is 0.949. The van der Waals surface area contributed by atoms with E-state index in [-0.39, 0.29) is 36.1 Å². The molecule has 31 heavy (non-hydrogen) atoms. The van der Waals surface area contributed by atoms with Crippen LogP contribution in [-0.2, 0) is 0 Å². The quantitative estimate of drug-likeness (QED) is 0.352. The van der Waals surface area contributed by atoms with Gasteiger partial charge in [-0.15, -0.1) is 0 Å². The molecule has 0 bridgehead atoms. The fraction of sp³-hybridized carbons (Fsp3) is 0.375. The molecule has 1 atom stereocenters. The van der Waals surface area contributed by atoms with Crippen molar-refractivity contribution in [3.63, 3.8) is 0 Å². The number of H-pyrrole nitrogens is 1. The summed E-state index contributed by atoms with van der Waals surface area (Å²) in [6.45, 7) is 2.93. The molecule has 166 valence electrons. The Morgan fingerprint density at radius 2 is 1.90 bits per heavy atom. The average Bonchev–Trinajstić information content (AvgIpc) is 2.72. The highest BCUT2D eigenvalue weighted by Crippen LogP contribution is 2.32. The minimum absolute atomic E-state index is 0. The van der Waals surface area contributed by atoms with Gasteiger partial charge in [-0.2, -0.15) is 0 Å². The average molecular weight is 555 g/mol. The van der Waals surface area contributed by atoms with Crippen molar-refractivity contribution in [1.29, 1.82) is 0 Å². The molecule has 0 aliphatic carbocycles. The minimum Gasteiger partial charge on any atom is -1.00 e. The molecular formula is C24H28ClIN2O3. The molecule has 5 nitrogen and oxygen atoms in total. The van der Waals surface area contributed by atoms with E-state index < -0.39 is 6.10 Å². The van der Waals surface area contributed by atoms with Gasteiger partial charge < -0.3 is 43.3 Å². The van der Waals surface area contributed by atoms with Gasteiger partial charge >= 0.3 is 0 Å². The smallest absolute Gasteiger partial charge is 0.248 e. The van der Waals surface area contributed by atoms with Crippen LogP contribution >= 0.6 is 11.6 Å². The first-order chi connectivity index (χ1) is 14.4. The third kappa shape index (κ3) is 6.22. The number of hydrogen-bond acceptors (Lipinski definition) is 3. The molecule has 0 amide bonds. The van der Waals surface area contributed by atoms with E-state index in [0.29, 0.717) is 18.2 Å². The van der Waals surface area contributed by atoms with Crippen molar-refractivity contribution in [2.75, 3.05) is 33.3 Å². The van der Waals surface area contributed by atoms with E-state index in [2.05, 4.69) is 24.2 Å². The number of nitrogens with zero attached hydrogens (tertiary/aromatic N) is 1. The molecule has 1 aliphatic rings. The van der Waals surface area contributed by atoms with Gasteiger partial charge in [-0.3, -0.25) is 4.79 Å². The van der Waals surface area contributed by atoms with Crippen LogP contribution in [0.3, 0.4) is 0 Å². The number of hydrogen-bond donors (Lipinski definition) is 2. The predicted molar refractivity (Wildman–Crippen MR) is 120 cm³/mol. The molecule has 0 radical (unpaired) electrons. The standard InChI is InChI=1S/C24H27ClN2O3.HI/c1-27(11-9-17(10-12-27)19-3-2-4-20(25)13-19)15-21(28)16-30-22-7-5-18-6-8-24(29)26-23(18)14-22;/h2-8,13-14,17,21,28H,9-12,15-16H2,1H3;1H. The lowest BCUT2D eigenvalue weighted by Gasteiger charge is -2.41. The van der Waals surface area contributed by atoms with Crippen LogP contribution in [0, 0.1) is 0 Å². The maximum Gasteiger partial charge on any atom is 0.248 e. The molecule has 1 saturated heterocycles. The van der Waals surface area contributed by atoms with Gasteiger partial charge in [0, 0.05) is 30.0 Å². The number of aromatic nitrogens is 1. The number of aromatic amines is 1. The lowest BCUT2D eigenvalue weighted by Crippen LogP contribution is -3.00. The highest BCUT2D eigenvalue weighted by Gasteiger charge is 2.32. The largest absolute Gasteiger partial charge is 1.00 e. The van der Waals surface area contributed by atoms with Crippen LogP contribution in [0.4, 0.5) is 0 Å². The number of piperidine rings is 1. The second kappa shape index (κ2) is 10.3. The zero-order valence-electron chi connectivity index (χ0n) is 17.6. The monoisotopic (exact) mass is 554 g/mol. The Labute approximate surface area is 204 Å². The van der Waals surface area contributed by atoms with E-state index in [1.165, 1.54) is 11.6 Å². The summed E-state index contributed by atoms with van der Waals surface area (Å²) in [6, 6.07) is 17.0. The number of pyridine rings is 1. The van der Waals surface area contributed by atoms with Crippen LogP contribution in [0.1, 0.15) is 24.3 Å². The van der Waals surface area contributed by atoms with E-state index in [4.69, 9.17) is 16.3 Å². The Morgan fingerprint density at radius 1 is 1.16 bits per heavy atom. The van der Waals surface area contributed by atoms with Gasteiger partial charge in [0.05, 0.1) is 25.7 Å². The van der Waals surface area contributed by atoms with E-state index in [9.17, 15) is 9.90 Å². The van der Waals surface area contributed by atoms with Crippen LogP contribution in [0.2, 0.25) is 5.02 Å². The number of halogens is 2. The topological polar surface area (TPSA) is 62.3 Å². The molecule has 1 aliphatic heterocycles. The molecule has 1 unspecified atom stereocenters. The Bertz CT molecular complexity index is 1080. The lowest BCUT2D eigenvalue weighted by molar-refractivity contribution is -0.917. The molecule has 7 heteroatoms. The zero-order valence-corrected chi connectivity index (χ0v) is 20.5. The first-order valence-corrected chi connectivity index (χ1v) is 10.8. The number of likely N-dealkylation sites (N-methyl/N-ethyl adjacent to an activating group) is 1. The number of aliphatic hydroxyl groups is 1. The number of likely N-dealkylation sites (tertiary alicyclic amines) is 1. The Hall–Kier alpha value is -1.61. The van der Waals surface area contributed by atoms with Gasteiger partial charge in [0.1, 0.15) is 25.0 Å². The number of benzene rings is 2. The molecule has 0 saturated carbocycles. The zero-order chi connectivity index (χ0) is 21.1. The number of rotatable bonds is 6. The van der Waals surface area contributed by atoms with Crippen molar-refractivity contribution < 1.29 is 38.3 Å². The summed E-state index contributed by atoms with van der Waals surface area (Å²) >= 11 is 6.15. The number of quaternary nitrogens is 1. The van der Waals surface area contributed by atoms with Crippen molar-refractivity contribution in [1.82, 2.24) is 4.98 Å². The van der Waals surface area contributed by atoms with E-state index in [1.54, 1.807) is 12.1 Å². The Kier molecular flexibility index (Phi) is 8.02. The highest BCUT2D eigenvalue weighted by atomic mass is 127. The van der Waals surface area contributed by atoms with Crippen LogP contribution in [0.5, 0.6) is 5.75 Å². The third-order valence-corrected chi connectivity index (χ3v) is 6.38. The number of nitrogens with one attached hydrogen (secondary N) is 1. The summed E-state index contributed by atoms with van der Waals surface area (Å²) in [6.07, 6.45) is 1.62. The van der Waals surface area contributed by atoms with Crippen LogP contribution in [-0.4, -0.2) is 54.0 Å². The van der Waals surface area contributed by atoms with Gasteiger partial charge in [0.2, 0.25) is 5.56 Å². The number of fused-ring (bicyclic) bond motifs is 1. The normalized spacial score (nSPS) is 22.0. The molecule has 1 fully saturated rings. The summed E-state index contributed by atoms with van der Waals surface area (Å²) in [5.41, 5.74) is 1.90. The summed E-state index contributed by atoms with van der Waals surface area (Å²) < 4.78 is 6.65. The van der Waals surface area contributed by atoms with Crippen LogP contribution < -0.4 is 34.3 Å². The molecular weight excluding hydrogens is 527 g/mol. The number of aliphatic hydroxyl groups excluding tert-OH is 1. The Balaban J connectivity index is 0.00000272. The summed E-state index contributed by atoms with van der Waals surface area (Å²) in [4.78, 5) is 14.3. The molecule has 3 aromatic rings. The first-order valence-electron chi connectivity index (χ1n) is 10.4. The van der Waals surface area contributed by atoms with Gasteiger partial charge in [-0.25, -0.2) is 0 Å². The molecule has 2 heterocycles. The summed E-state index contributed by atoms with van der Waals surface area (Å²) in [5, 5.41) is 12.3. The lowest BCUT2D eigenvalue weighted by atomic mass is 9.88. The van der Waals surface area contributed by atoms with Crippen LogP contribution in [0.25, 0.3) is 10.9 Å². The molecule has 0 spiro atoms. The number of ether oxygens (including phenoxy) is 1. The second-order valence-corrected chi connectivity index (χ2v) is 9.05. The third-order valence-electron chi connectivity index (χ3n) is 6.15. The first kappa shape index (κ1) is 24.0. The maximum absolute atomic E-state index is 11.5. The molecule has 2 N–H and O–H groups in total. The maximum atomic E-state index is 11.5. The minimum atomic E-state index is -0.553. The van der Waals surface area contributed by atoms with Crippen molar-refractivity contribution in [2.45, 2.75) is 24.9 Å². The van der Waals surface area contributed by atoms with Gasteiger partial charge in [-0.05, 0) is 47.2 Å². The molecule has 4 rings (SSSR count). The van der Waals surface area contributed by atoms with Crippen molar-refractivity contribution in [3.05, 3.63) is 75.5 Å². The highest BCUT2D eigenvalue weighted by molar-refractivity contribution is 6.30. The van der Waals surface area contributed by atoms with Gasteiger partial charge in [-0.1, -0.05) is 23.7 Å². The summed E-state index contributed by atoms with van der Waals surface area (Å²) in [7, 11) is 2.21. The van der Waals surface area contributed by atoms with E-state index >= 15 is 0 Å². The van der Waals surface area contributed by atoms with E-state index in [1.807, 2.05) is 24.3 Å². The SMILES string of the molecule is C[N+]1(CC(O)COc2ccc3ccc(=O)[nH]c3c2)CCC(c2cccc(Cl)c2)CC1.[I-]. The van der Waals surface area contributed by atoms with Gasteiger partial charge in [0.15, 0.2) is 0 Å². The van der Waals surface area contributed by atoms with Crippen LogP contribution in [0.15, 0.2) is 59.4 Å². The van der Waals surface area contributed by atoms with Crippen molar-refractivity contribution in [3.8, 4) is 5.75 Å². The van der Waals surface area contributed by atoms with Gasteiger partial charge in [0.25, 0.3) is 0 Å². The van der Waals surface area contributed by atoms with E-state index in [0.717, 1.165) is 46.3 Å². The molecule has 1 aromatic heterocycles.